The molecule has 0 aliphatic heterocycles. The molecule has 0 aromatic rings. The molecule has 0 amide bonds. The molecule has 0 bridgehead atoms. The summed E-state index contributed by atoms with van der Waals surface area (Å²) in [7, 11) is 0. The monoisotopic (exact) mass is 192 g/mol. The van der Waals surface area contributed by atoms with Crippen molar-refractivity contribution in [3.05, 3.63) is 0 Å². The Bertz CT molecular complexity index is 123. The largest absolute Gasteiger partial charge is 0.476 e. The second kappa shape index (κ2) is 5.84. The van der Waals surface area contributed by atoms with Gasteiger partial charge in [0.2, 0.25) is 4.38 Å². The average molecular weight is 192 g/mol. The molecule has 0 heterocycles. The molecule has 0 aliphatic carbocycles. The summed E-state index contributed by atoms with van der Waals surface area (Å²) in [5.41, 5.74) is 0. The van der Waals surface area contributed by atoms with E-state index in [4.69, 9.17) is 17.0 Å². The average Bonchev–Trinajstić information content (AvgIpc) is 1.85. The summed E-state index contributed by atoms with van der Waals surface area (Å²) in [5.74, 6) is 0.676. The van der Waals surface area contributed by atoms with Crippen molar-refractivity contribution in [2.24, 2.45) is 5.92 Å². The first-order valence-corrected chi connectivity index (χ1v) is 5.44. The summed E-state index contributed by atoms with van der Waals surface area (Å²) in [5, 5.41) is 0. The molecule has 1 atom stereocenters. The van der Waals surface area contributed by atoms with E-state index in [0.29, 0.717) is 10.3 Å². The van der Waals surface area contributed by atoms with Crippen molar-refractivity contribution >= 4 is 28.4 Å². The molecule has 0 rings (SSSR count). The van der Waals surface area contributed by atoms with Gasteiger partial charge in [-0.3, -0.25) is 0 Å². The van der Waals surface area contributed by atoms with Gasteiger partial charge >= 0.3 is 0 Å². The normalized spacial score (nSPS) is 13.2. The molecule has 0 saturated heterocycles. The lowest BCUT2D eigenvalue weighted by molar-refractivity contribution is 0.192. The van der Waals surface area contributed by atoms with E-state index in [2.05, 4.69) is 20.8 Å². The van der Waals surface area contributed by atoms with Crippen LogP contribution in [0.2, 0.25) is 0 Å². The van der Waals surface area contributed by atoms with Crippen LogP contribution in [-0.2, 0) is 4.74 Å². The maximum Gasteiger partial charge on any atom is 0.219 e. The Hall–Kier alpha value is 0.240. The molecule has 0 N–H and O–H groups in total. The first-order valence-electron chi connectivity index (χ1n) is 3.80. The highest BCUT2D eigenvalue weighted by atomic mass is 32.2. The fraction of sp³-hybridized carbons (Fsp3) is 0.875. The van der Waals surface area contributed by atoms with Gasteiger partial charge in [-0.1, -0.05) is 25.6 Å². The van der Waals surface area contributed by atoms with E-state index in [9.17, 15) is 0 Å². The molecule has 1 nitrogen and oxygen atoms in total. The second-order valence-electron chi connectivity index (χ2n) is 3.01. The van der Waals surface area contributed by atoms with Crippen LogP contribution in [0.4, 0.5) is 0 Å². The Kier molecular flexibility index (Phi) is 5.96. The van der Waals surface area contributed by atoms with E-state index in [1.165, 1.54) is 11.8 Å². The molecular weight excluding hydrogens is 176 g/mol. The third-order valence-electron chi connectivity index (χ3n) is 1.27. The van der Waals surface area contributed by atoms with Gasteiger partial charge in [0.25, 0.3) is 0 Å². The standard InChI is InChI=1S/C8H16OS2/c1-6(2)5-7(3)9-8(10)11-4/h6-7H,5H2,1-4H3/t7-/m1/s1. The van der Waals surface area contributed by atoms with Crippen molar-refractivity contribution in [2.75, 3.05) is 6.26 Å². The van der Waals surface area contributed by atoms with Crippen LogP contribution in [0, 0.1) is 5.92 Å². The molecule has 11 heavy (non-hydrogen) atoms. The molecule has 66 valence electrons. The molecule has 0 radical (unpaired) electrons. The highest BCUT2D eigenvalue weighted by Gasteiger charge is 2.06. The van der Waals surface area contributed by atoms with Gasteiger partial charge in [0.15, 0.2) is 0 Å². The van der Waals surface area contributed by atoms with Gasteiger partial charge in [-0.05, 0) is 37.7 Å². The summed E-state index contributed by atoms with van der Waals surface area (Å²) >= 11 is 6.41. The van der Waals surface area contributed by atoms with Crippen LogP contribution >= 0.6 is 24.0 Å². The quantitative estimate of drug-likeness (QED) is 0.636. The van der Waals surface area contributed by atoms with Crippen molar-refractivity contribution in [1.82, 2.24) is 0 Å². The van der Waals surface area contributed by atoms with Gasteiger partial charge in [0.05, 0.1) is 6.10 Å². The first kappa shape index (κ1) is 11.2. The van der Waals surface area contributed by atoms with Crippen LogP contribution in [0.1, 0.15) is 27.2 Å². The third-order valence-corrected chi connectivity index (χ3v) is 2.29. The molecule has 0 aliphatic rings. The van der Waals surface area contributed by atoms with E-state index < -0.39 is 0 Å². The van der Waals surface area contributed by atoms with Gasteiger partial charge in [0, 0.05) is 0 Å². The fourth-order valence-corrected chi connectivity index (χ4v) is 1.35. The lowest BCUT2D eigenvalue weighted by atomic mass is 10.1. The zero-order valence-corrected chi connectivity index (χ0v) is 9.22. The van der Waals surface area contributed by atoms with E-state index in [0.717, 1.165) is 6.42 Å². The summed E-state index contributed by atoms with van der Waals surface area (Å²) in [6.07, 6.45) is 3.26. The maximum atomic E-state index is 5.40. The number of ether oxygens (including phenoxy) is 1. The summed E-state index contributed by atoms with van der Waals surface area (Å²) < 4.78 is 6.06. The van der Waals surface area contributed by atoms with Gasteiger partial charge in [-0.15, -0.1) is 0 Å². The van der Waals surface area contributed by atoms with Crippen LogP contribution in [0.5, 0.6) is 0 Å². The topological polar surface area (TPSA) is 9.23 Å². The molecule has 3 heteroatoms. The van der Waals surface area contributed by atoms with Crippen molar-refractivity contribution in [2.45, 2.75) is 33.3 Å². The van der Waals surface area contributed by atoms with Gasteiger partial charge in [-0.2, -0.15) is 0 Å². The summed E-state index contributed by atoms with van der Waals surface area (Å²) in [6.45, 7) is 6.42. The van der Waals surface area contributed by atoms with Crippen LogP contribution in [0.25, 0.3) is 0 Å². The molecule has 0 aromatic carbocycles. The van der Waals surface area contributed by atoms with E-state index in [-0.39, 0.29) is 6.10 Å². The van der Waals surface area contributed by atoms with Gasteiger partial charge in [-0.25, -0.2) is 0 Å². The van der Waals surface area contributed by atoms with Crippen LogP contribution < -0.4 is 0 Å². The van der Waals surface area contributed by atoms with Crippen molar-refractivity contribution in [3.8, 4) is 0 Å². The highest BCUT2D eigenvalue weighted by molar-refractivity contribution is 8.22. The van der Waals surface area contributed by atoms with Crippen molar-refractivity contribution in [3.63, 3.8) is 0 Å². The molecule has 0 aromatic heterocycles. The Balaban J connectivity index is 3.51. The Morgan fingerprint density at radius 2 is 2.00 bits per heavy atom. The summed E-state index contributed by atoms with van der Waals surface area (Å²) in [4.78, 5) is 0. The first-order chi connectivity index (χ1) is 5.06. The predicted octanol–water partition coefficient (Wildman–Crippen LogP) is 3.09. The third kappa shape index (κ3) is 6.63. The number of thiocarbonyl (C=S) groups is 1. The van der Waals surface area contributed by atoms with E-state index in [1.54, 1.807) is 0 Å². The van der Waals surface area contributed by atoms with Crippen LogP contribution in [0.15, 0.2) is 0 Å². The number of hydrogen-bond donors (Lipinski definition) is 0. The van der Waals surface area contributed by atoms with E-state index in [1.807, 2.05) is 6.26 Å². The molecule has 0 saturated carbocycles. The lowest BCUT2D eigenvalue weighted by Crippen LogP contribution is -2.13. The Labute approximate surface area is 78.9 Å². The SMILES string of the molecule is CSC(=S)O[C@H](C)CC(C)C. The van der Waals surface area contributed by atoms with Gasteiger partial charge in [0.1, 0.15) is 0 Å². The van der Waals surface area contributed by atoms with Crippen molar-refractivity contribution in [1.29, 1.82) is 0 Å². The van der Waals surface area contributed by atoms with Crippen LogP contribution in [0.3, 0.4) is 0 Å². The number of hydrogen-bond acceptors (Lipinski definition) is 3. The van der Waals surface area contributed by atoms with Crippen LogP contribution in [-0.4, -0.2) is 16.7 Å². The molecule has 0 unspecified atom stereocenters. The second-order valence-corrected chi connectivity index (χ2v) is 4.42. The molecule has 0 fully saturated rings. The van der Waals surface area contributed by atoms with Crippen molar-refractivity contribution < 1.29 is 4.74 Å². The van der Waals surface area contributed by atoms with E-state index >= 15 is 0 Å². The Morgan fingerprint density at radius 1 is 1.45 bits per heavy atom. The molecule has 0 spiro atoms. The maximum absolute atomic E-state index is 5.40. The summed E-state index contributed by atoms with van der Waals surface area (Å²) in [6, 6.07) is 0. The zero-order valence-electron chi connectivity index (χ0n) is 7.59. The Morgan fingerprint density at radius 3 is 2.36 bits per heavy atom. The fourth-order valence-electron chi connectivity index (χ4n) is 0.924. The lowest BCUT2D eigenvalue weighted by Gasteiger charge is -2.15. The smallest absolute Gasteiger partial charge is 0.219 e. The minimum Gasteiger partial charge on any atom is -0.476 e. The molecular formula is C8H16OS2. The zero-order chi connectivity index (χ0) is 8.85. The highest BCUT2D eigenvalue weighted by Crippen LogP contribution is 2.11. The minimum atomic E-state index is 0.259. The number of rotatable bonds is 3. The predicted molar refractivity (Wildman–Crippen MR) is 56.1 cm³/mol. The van der Waals surface area contributed by atoms with Gasteiger partial charge < -0.3 is 4.74 Å². The minimum absolute atomic E-state index is 0.259. The number of thioether (sulfide) groups is 1.